The van der Waals surface area contributed by atoms with Gasteiger partial charge < -0.3 is 0 Å². The summed E-state index contributed by atoms with van der Waals surface area (Å²) < 4.78 is 0. The molecule has 2 nitrogen and oxygen atoms in total. The Labute approximate surface area is 83.7 Å². The summed E-state index contributed by atoms with van der Waals surface area (Å²) in [5, 5.41) is 2.01. The lowest BCUT2D eigenvalue weighted by atomic mass is 10.0. The monoisotopic (exact) mass is 187 g/mol. The van der Waals surface area contributed by atoms with Gasteiger partial charge >= 0.3 is 0 Å². The first-order valence-electron chi connectivity index (χ1n) is 5.05. The van der Waals surface area contributed by atoms with Crippen molar-refractivity contribution in [1.82, 2.24) is 0 Å². The number of benzene rings is 1. The normalized spacial score (nSPS) is 28.7. The van der Waals surface area contributed by atoms with Crippen LogP contribution in [0.4, 0.5) is 5.69 Å². The van der Waals surface area contributed by atoms with E-state index >= 15 is 0 Å². The predicted octanol–water partition coefficient (Wildman–Crippen LogP) is 2.31. The zero-order chi connectivity index (χ0) is 9.54. The molecule has 0 aromatic heterocycles. The Hall–Kier alpha value is -1.28. The van der Waals surface area contributed by atoms with Crippen LogP contribution in [0.1, 0.15) is 12.0 Å². The number of hydrogen-bond donors (Lipinski definition) is 0. The van der Waals surface area contributed by atoms with Gasteiger partial charge in [0.25, 0.3) is 0 Å². The first kappa shape index (κ1) is 8.06. The van der Waals surface area contributed by atoms with Gasteiger partial charge in [0.15, 0.2) is 0 Å². The molecular weight excluding hydrogens is 174 g/mol. The molecule has 72 valence electrons. The van der Waals surface area contributed by atoms with Crippen LogP contribution in [-0.4, -0.2) is 12.1 Å². The molecule has 1 aromatic carbocycles. The number of fused-ring (bicyclic) bond motifs is 4. The Morgan fingerprint density at radius 1 is 1.43 bits per heavy atom. The molecule has 3 rings (SSSR count). The molecule has 1 saturated heterocycles. The molecule has 0 radical (unpaired) electrons. The van der Waals surface area contributed by atoms with Crippen molar-refractivity contribution in [1.29, 1.82) is 0 Å². The fourth-order valence-corrected chi connectivity index (χ4v) is 2.34. The van der Waals surface area contributed by atoms with Gasteiger partial charge in [0, 0.05) is 12.8 Å². The summed E-state index contributed by atoms with van der Waals surface area (Å²) in [6, 6.07) is 8.80. The maximum Gasteiger partial charge on any atom is 0.0921 e. The van der Waals surface area contributed by atoms with E-state index < -0.39 is 0 Å². The Bertz CT molecular complexity index is 374. The first-order valence-corrected chi connectivity index (χ1v) is 5.05. The van der Waals surface area contributed by atoms with Crippen molar-refractivity contribution in [3.05, 3.63) is 42.5 Å². The molecule has 0 saturated carbocycles. The van der Waals surface area contributed by atoms with Gasteiger partial charge in [-0.1, -0.05) is 24.3 Å². The average molecular weight is 187 g/mol. The highest BCUT2D eigenvalue weighted by molar-refractivity contribution is 5.56. The molecule has 0 unspecified atom stereocenters. The van der Waals surface area contributed by atoms with E-state index in [0.29, 0.717) is 12.1 Å². The highest BCUT2D eigenvalue weighted by Gasteiger charge is 2.37. The summed E-state index contributed by atoms with van der Waals surface area (Å²) in [6.45, 7) is 3.85. The third-order valence-electron chi connectivity index (χ3n) is 3.02. The molecule has 2 heterocycles. The van der Waals surface area contributed by atoms with Gasteiger partial charge in [-0.25, -0.2) is 5.06 Å². The average Bonchev–Trinajstić information content (AvgIpc) is 2.56. The van der Waals surface area contributed by atoms with Crippen molar-refractivity contribution >= 4 is 5.69 Å². The molecule has 2 heteroatoms. The molecule has 0 aliphatic carbocycles. The van der Waals surface area contributed by atoms with Crippen LogP contribution in [0.15, 0.2) is 36.9 Å². The van der Waals surface area contributed by atoms with Crippen LogP contribution in [0.25, 0.3) is 0 Å². The number of hydroxylamine groups is 1. The molecular formula is C12H13NO. The van der Waals surface area contributed by atoms with Crippen molar-refractivity contribution in [3.8, 4) is 0 Å². The Morgan fingerprint density at radius 3 is 3.14 bits per heavy atom. The molecule has 0 N–H and O–H groups in total. The van der Waals surface area contributed by atoms with Crippen LogP contribution < -0.4 is 5.06 Å². The topological polar surface area (TPSA) is 12.5 Å². The van der Waals surface area contributed by atoms with Gasteiger partial charge in [-0.2, -0.15) is 0 Å². The molecule has 1 aromatic rings. The van der Waals surface area contributed by atoms with E-state index in [4.69, 9.17) is 4.84 Å². The lowest BCUT2D eigenvalue weighted by Gasteiger charge is -2.28. The molecule has 2 aliphatic heterocycles. The third kappa shape index (κ3) is 1.01. The maximum absolute atomic E-state index is 5.79. The Kier molecular flexibility index (Phi) is 1.64. The fraction of sp³-hybridized carbons (Fsp3) is 0.333. The highest BCUT2D eigenvalue weighted by Crippen LogP contribution is 2.37. The minimum absolute atomic E-state index is 0.351. The van der Waals surface area contributed by atoms with Crippen molar-refractivity contribution in [2.24, 2.45) is 0 Å². The maximum atomic E-state index is 5.79. The van der Waals surface area contributed by atoms with Gasteiger partial charge in [0.1, 0.15) is 0 Å². The standard InChI is InChI=1S/C12H13NO/c1-2-10-8-11-7-9-5-3-4-6-12(9)13(10)14-11/h2-6,10-11H,1,7-8H2/t10-,11+/m1/s1. The SMILES string of the molecule is C=C[C@@H]1C[C@@H]2Cc3ccccc3N1O2. The Morgan fingerprint density at radius 2 is 2.29 bits per heavy atom. The quantitative estimate of drug-likeness (QED) is 0.625. The van der Waals surface area contributed by atoms with Crippen molar-refractivity contribution in [3.63, 3.8) is 0 Å². The minimum Gasteiger partial charge on any atom is -0.269 e. The number of hydrogen-bond acceptors (Lipinski definition) is 2. The van der Waals surface area contributed by atoms with Gasteiger partial charge in [-0.15, -0.1) is 6.58 Å². The van der Waals surface area contributed by atoms with Crippen LogP contribution in [0.3, 0.4) is 0 Å². The van der Waals surface area contributed by atoms with Crippen LogP contribution in [0, 0.1) is 0 Å². The van der Waals surface area contributed by atoms with E-state index in [9.17, 15) is 0 Å². The zero-order valence-corrected chi connectivity index (χ0v) is 8.02. The summed E-state index contributed by atoms with van der Waals surface area (Å²) >= 11 is 0. The van der Waals surface area contributed by atoms with E-state index in [1.165, 1.54) is 11.3 Å². The van der Waals surface area contributed by atoms with Gasteiger partial charge in [0.05, 0.1) is 17.8 Å². The van der Waals surface area contributed by atoms with Crippen LogP contribution in [0.5, 0.6) is 0 Å². The summed E-state index contributed by atoms with van der Waals surface area (Å²) in [5.41, 5.74) is 2.61. The molecule has 0 amide bonds. The number of para-hydroxylation sites is 1. The number of nitrogens with zero attached hydrogens (tertiary/aromatic N) is 1. The number of anilines is 1. The highest BCUT2D eigenvalue weighted by atomic mass is 16.7. The molecule has 2 aliphatic rings. The summed E-state index contributed by atoms with van der Waals surface area (Å²) in [7, 11) is 0. The van der Waals surface area contributed by atoms with Crippen molar-refractivity contribution in [2.45, 2.75) is 25.0 Å². The van der Waals surface area contributed by atoms with Crippen LogP contribution in [-0.2, 0) is 11.3 Å². The number of rotatable bonds is 1. The molecule has 2 bridgehead atoms. The lowest BCUT2D eigenvalue weighted by molar-refractivity contribution is 0.0752. The predicted molar refractivity (Wildman–Crippen MR) is 56.1 cm³/mol. The second-order valence-corrected chi connectivity index (χ2v) is 3.92. The fourth-order valence-electron chi connectivity index (χ4n) is 2.34. The van der Waals surface area contributed by atoms with E-state index in [1.54, 1.807) is 0 Å². The zero-order valence-electron chi connectivity index (χ0n) is 8.02. The lowest BCUT2D eigenvalue weighted by Crippen LogP contribution is -2.29. The smallest absolute Gasteiger partial charge is 0.0921 e. The molecule has 0 spiro atoms. The molecule has 1 fully saturated rings. The third-order valence-corrected chi connectivity index (χ3v) is 3.02. The van der Waals surface area contributed by atoms with Crippen LogP contribution >= 0.6 is 0 Å². The van der Waals surface area contributed by atoms with Gasteiger partial charge in [0.2, 0.25) is 0 Å². The summed E-state index contributed by atoms with van der Waals surface area (Å²) in [5.74, 6) is 0. The molecule has 2 atom stereocenters. The van der Waals surface area contributed by atoms with Gasteiger partial charge in [-0.05, 0) is 11.6 Å². The van der Waals surface area contributed by atoms with E-state index in [0.717, 1.165) is 12.8 Å². The van der Waals surface area contributed by atoms with Crippen molar-refractivity contribution in [2.75, 3.05) is 5.06 Å². The largest absolute Gasteiger partial charge is 0.269 e. The van der Waals surface area contributed by atoms with Crippen LogP contribution in [0.2, 0.25) is 0 Å². The second-order valence-electron chi connectivity index (χ2n) is 3.92. The second kappa shape index (κ2) is 2.85. The molecule has 14 heavy (non-hydrogen) atoms. The Balaban J connectivity index is 2.08. The summed E-state index contributed by atoms with van der Waals surface area (Å²) in [4.78, 5) is 5.79. The van der Waals surface area contributed by atoms with Crippen molar-refractivity contribution < 1.29 is 4.84 Å². The van der Waals surface area contributed by atoms with E-state index in [2.05, 4.69) is 30.8 Å². The van der Waals surface area contributed by atoms with E-state index in [-0.39, 0.29) is 0 Å². The summed E-state index contributed by atoms with van der Waals surface area (Å²) in [6.07, 6.45) is 4.44. The van der Waals surface area contributed by atoms with Gasteiger partial charge in [-0.3, -0.25) is 4.84 Å². The first-order chi connectivity index (χ1) is 6.88. The van der Waals surface area contributed by atoms with E-state index in [1.807, 2.05) is 11.1 Å². The minimum atomic E-state index is 0.351.